The van der Waals surface area contributed by atoms with Crippen molar-refractivity contribution in [2.75, 3.05) is 11.5 Å². The van der Waals surface area contributed by atoms with Crippen molar-refractivity contribution < 1.29 is 22.2 Å². The average molecular weight is 476 g/mol. The Morgan fingerprint density at radius 1 is 1.17 bits per heavy atom. The lowest BCUT2D eigenvalue weighted by Crippen LogP contribution is -2.50. The highest BCUT2D eigenvalue weighted by Gasteiger charge is 2.39. The van der Waals surface area contributed by atoms with Crippen LogP contribution in [0.1, 0.15) is 33.0 Å². The molecule has 1 heterocycles. The van der Waals surface area contributed by atoms with Gasteiger partial charge in [-0.25, -0.2) is 0 Å². The first-order chi connectivity index (χ1) is 14.0. The maximum absolute atomic E-state index is 13.6. The number of amides is 1. The molecule has 1 fully saturated rings. The van der Waals surface area contributed by atoms with Gasteiger partial charge in [-0.05, 0) is 47.9 Å². The Balaban J connectivity index is 1.80. The Morgan fingerprint density at radius 2 is 1.80 bits per heavy atom. The molecule has 0 spiro atoms. The largest absolute Gasteiger partial charge is 0.399 e. The predicted octanol–water partition coefficient (Wildman–Crippen LogP) is 5.52. The van der Waals surface area contributed by atoms with Crippen LogP contribution in [0.25, 0.3) is 6.08 Å². The van der Waals surface area contributed by atoms with Gasteiger partial charge in [-0.3, -0.25) is 9.00 Å². The summed E-state index contributed by atoms with van der Waals surface area (Å²) in [4.78, 5) is 12.3. The smallest absolute Gasteiger partial charge is 0.347 e. The van der Waals surface area contributed by atoms with Gasteiger partial charge >= 0.3 is 6.18 Å². The second-order valence-electron chi connectivity index (χ2n) is 7.10. The Morgan fingerprint density at radius 3 is 2.33 bits per heavy atom. The van der Waals surface area contributed by atoms with Crippen LogP contribution in [0.15, 0.2) is 42.5 Å². The van der Waals surface area contributed by atoms with Gasteiger partial charge in [-0.15, -0.1) is 0 Å². The lowest BCUT2D eigenvalue weighted by molar-refractivity contribution is -0.139. The molecule has 30 heavy (non-hydrogen) atoms. The van der Waals surface area contributed by atoms with E-state index < -0.39 is 22.9 Å². The summed E-state index contributed by atoms with van der Waals surface area (Å²) in [6.45, 7) is 1.71. The molecule has 1 saturated heterocycles. The van der Waals surface area contributed by atoms with E-state index in [0.29, 0.717) is 28.2 Å². The minimum atomic E-state index is -4.53. The van der Waals surface area contributed by atoms with Crippen molar-refractivity contribution in [2.45, 2.75) is 25.1 Å². The van der Waals surface area contributed by atoms with E-state index in [1.54, 1.807) is 25.1 Å². The second kappa shape index (κ2) is 9.12. The van der Waals surface area contributed by atoms with E-state index >= 15 is 0 Å². The molecule has 3 rings (SSSR count). The van der Waals surface area contributed by atoms with Gasteiger partial charge in [0, 0.05) is 37.9 Å². The zero-order valence-electron chi connectivity index (χ0n) is 15.8. The van der Waals surface area contributed by atoms with Gasteiger partial charge in [0.25, 0.3) is 5.91 Å². The van der Waals surface area contributed by atoms with Gasteiger partial charge in [0.1, 0.15) is 0 Å². The third kappa shape index (κ3) is 5.65. The number of rotatable bonds is 5. The van der Waals surface area contributed by atoms with Gasteiger partial charge < -0.3 is 5.32 Å². The van der Waals surface area contributed by atoms with Crippen molar-refractivity contribution in [3.63, 3.8) is 0 Å². The number of nitrogens with one attached hydrogen (secondary N) is 1. The lowest BCUT2D eigenvalue weighted by atomic mass is 9.96. The quantitative estimate of drug-likeness (QED) is 0.618. The van der Waals surface area contributed by atoms with E-state index in [0.717, 1.165) is 6.08 Å². The molecule has 160 valence electrons. The molecular formula is C21H18Cl2F3NO2S. The molecule has 1 N–H and O–H groups in total. The SMILES string of the molecule is Cc1cc(/C=C/C(c2cc(Cl)cc(Cl)c2)C(F)(F)F)ccc1C(=O)NC1CS(=O)C1. The van der Waals surface area contributed by atoms with Crippen LogP contribution < -0.4 is 5.32 Å². The fraction of sp³-hybridized carbons (Fsp3) is 0.286. The monoisotopic (exact) mass is 475 g/mol. The molecule has 1 amide bonds. The van der Waals surface area contributed by atoms with E-state index in [-0.39, 0.29) is 27.6 Å². The fourth-order valence-corrected chi connectivity index (χ4v) is 4.67. The molecule has 2 aromatic rings. The first kappa shape index (κ1) is 22.8. The molecule has 0 aromatic heterocycles. The molecule has 0 radical (unpaired) electrons. The number of hydrogen-bond acceptors (Lipinski definition) is 2. The number of benzene rings is 2. The Labute approximate surface area is 184 Å². The van der Waals surface area contributed by atoms with Crippen LogP contribution in [-0.4, -0.2) is 33.8 Å². The van der Waals surface area contributed by atoms with E-state index in [2.05, 4.69) is 5.32 Å². The molecular weight excluding hydrogens is 458 g/mol. The van der Waals surface area contributed by atoms with Crippen molar-refractivity contribution in [3.8, 4) is 0 Å². The van der Waals surface area contributed by atoms with Crippen LogP contribution in [0.5, 0.6) is 0 Å². The van der Waals surface area contributed by atoms with Crippen LogP contribution in [0.2, 0.25) is 10.0 Å². The number of carbonyl (C=O) groups is 1. The molecule has 1 aliphatic heterocycles. The van der Waals surface area contributed by atoms with Crippen molar-refractivity contribution in [1.29, 1.82) is 0 Å². The molecule has 3 nitrogen and oxygen atoms in total. The van der Waals surface area contributed by atoms with Gasteiger partial charge in [0.05, 0.1) is 12.0 Å². The zero-order valence-corrected chi connectivity index (χ0v) is 18.1. The first-order valence-electron chi connectivity index (χ1n) is 9.00. The topological polar surface area (TPSA) is 46.2 Å². The summed E-state index contributed by atoms with van der Waals surface area (Å²) < 4.78 is 51.9. The molecule has 0 bridgehead atoms. The third-order valence-electron chi connectivity index (χ3n) is 4.68. The number of allylic oxidation sites excluding steroid dienone is 1. The molecule has 1 aliphatic rings. The van der Waals surface area contributed by atoms with Crippen LogP contribution >= 0.6 is 23.2 Å². The number of alkyl halides is 3. The third-order valence-corrected chi connectivity index (χ3v) is 6.67. The van der Waals surface area contributed by atoms with Crippen LogP contribution in [0.3, 0.4) is 0 Å². The standard InChI is InChI=1S/C21H18Cl2F3NO2S/c1-12-6-13(2-4-18(12)20(28)27-17-10-30(29)11-17)3-5-19(21(24,25)26)14-7-15(22)9-16(23)8-14/h2-9,17,19H,10-11H2,1H3,(H,27,28)/b5-3+. The van der Waals surface area contributed by atoms with Crippen molar-refractivity contribution in [2.24, 2.45) is 0 Å². The Hall–Kier alpha value is -1.83. The van der Waals surface area contributed by atoms with E-state index in [1.165, 1.54) is 24.3 Å². The maximum Gasteiger partial charge on any atom is 0.399 e. The van der Waals surface area contributed by atoms with Gasteiger partial charge in [-0.2, -0.15) is 13.2 Å². The van der Waals surface area contributed by atoms with E-state index in [4.69, 9.17) is 23.2 Å². The summed E-state index contributed by atoms with van der Waals surface area (Å²) in [5.41, 5.74) is 1.53. The molecule has 9 heteroatoms. The average Bonchev–Trinajstić information content (AvgIpc) is 2.58. The zero-order chi connectivity index (χ0) is 22.1. The fourth-order valence-electron chi connectivity index (χ4n) is 3.16. The summed E-state index contributed by atoms with van der Waals surface area (Å²) in [5.74, 6) is -1.28. The van der Waals surface area contributed by atoms with Crippen LogP contribution in [0, 0.1) is 6.92 Å². The number of hydrogen-bond donors (Lipinski definition) is 1. The first-order valence-corrected chi connectivity index (χ1v) is 11.2. The number of aryl methyl sites for hydroxylation is 1. The minimum Gasteiger partial charge on any atom is -0.347 e. The molecule has 0 aliphatic carbocycles. The maximum atomic E-state index is 13.6. The normalized spacial score (nSPS) is 20.1. The van der Waals surface area contributed by atoms with E-state index in [9.17, 15) is 22.2 Å². The summed E-state index contributed by atoms with van der Waals surface area (Å²) in [7, 11) is -0.870. The van der Waals surface area contributed by atoms with E-state index in [1.807, 2.05) is 0 Å². The van der Waals surface area contributed by atoms with Gasteiger partial charge in [0.2, 0.25) is 0 Å². The van der Waals surface area contributed by atoms with Crippen molar-refractivity contribution >= 4 is 46.0 Å². The second-order valence-corrected chi connectivity index (χ2v) is 9.52. The highest BCUT2D eigenvalue weighted by Crippen LogP contribution is 2.38. The predicted molar refractivity (Wildman–Crippen MR) is 115 cm³/mol. The summed E-state index contributed by atoms with van der Waals surface area (Å²) in [6, 6.07) is 8.54. The molecule has 1 unspecified atom stereocenters. The summed E-state index contributed by atoms with van der Waals surface area (Å²) >= 11 is 11.7. The molecule has 2 aromatic carbocycles. The Kier molecular flexibility index (Phi) is 6.95. The van der Waals surface area contributed by atoms with Crippen LogP contribution in [-0.2, 0) is 10.8 Å². The minimum absolute atomic E-state index is 0.0538. The van der Waals surface area contributed by atoms with Crippen molar-refractivity contribution in [3.05, 3.63) is 74.8 Å². The highest BCUT2D eigenvalue weighted by molar-refractivity contribution is 7.86. The summed E-state index contributed by atoms with van der Waals surface area (Å²) in [6.07, 6.45) is -2.13. The number of carbonyl (C=O) groups excluding carboxylic acids is 1. The number of halogens is 5. The molecule has 1 atom stereocenters. The Bertz CT molecular complexity index is 996. The van der Waals surface area contributed by atoms with Crippen LogP contribution in [0.4, 0.5) is 13.2 Å². The highest BCUT2D eigenvalue weighted by atomic mass is 35.5. The lowest BCUT2D eigenvalue weighted by Gasteiger charge is -2.26. The van der Waals surface area contributed by atoms with Crippen molar-refractivity contribution in [1.82, 2.24) is 5.32 Å². The molecule has 0 saturated carbocycles. The summed E-state index contributed by atoms with van der Waals surface area (Å²) in [5, 5.41) is 3.05. The van der Waals surface area contributed by atoms with Gasteiger partial charge in [0.15, 0.2) is 0 Å². The van der Waals surface area contributed by atoms with Gasteiger partial charge in [-0.1, -0.05) is 47.5 Å².